The number of carbonyl (C=O) groups is 2. The first-order valence-electron chi connectivity index (χ1n) is 13.3. The lowest BCUT2D eigenvalue weighted by molar-refractivity contribution is -0.139. The normalized spacial score (nSPS) is 11.4. The van der Waals surface area contributed by atoms with E-state index in [1.54, 1.807) is 22.7 Å². The van der Waals surface area contributed by atoms with Crippen LogP contribution >= 0.6 is 68.5 Å². The molecule has 14 heteroatoms. The van der Waals surface area contributed by atoms with Crippen molar-refractivity contribution in [2.75, 3.05) is 7.11 Å². The highest BCUT2D eigenvalue weighted by Crippen LogP contribution is 2.38. The highest BCUT2D eigenvalue weighted by molar-refractivity contribution is 7.18. The van der Waals surface area contributed by atoms with Gasteiger partial charge in [0.2, 0.25) is 0 Å². The third kappa shape index (κ3) is 5.62. The van der Waals surface area contributed by atoms with Crippen molar-refractivity contribution >= 4 is 112 Å². The van der Waals surface area contributed by atoms with Gasteiger partial charge in [-0.2, -0.15) is 0 Å². The summed E-state index contributed by atoms with van der Waals surface area (Å²) in [7, 11) is 1.40. The number of imidazole rings is 2. The fourth-order valence-corrected chi connectivity index (χ4v) is 9.08. The number of carbonyl (C=O) groups excluding carboxylic acids is 1. The highest BCUT2D eigenvalue weighted by Gasteiger charge is 2.22. The number of fused-ring (bicyclic) bond motifs is 6. The molecule has 0 fully saturated rings. The Balaban J connectivity index is 0.000000145. The molecule has 226 valence electrons. The minimum Gasteiger partial charge on any atom is -0.481 e. The molecular formula is C31H20Cl2N4O4S4. The third-order valence-corrected chi connectivity index (χ3v) is 11.0. The summed E-state index contributed by atoms with van der Waals surface area (Å²) in [6.07, 6.45) is 0.214. The first-order valence-corrected chi connectivity index (χ1v) is 17.6. The van der Waals surface area contributed by atoms with E-state index in [0.29, 0.717) is 10.0 Å². The molecule has 0 aliphatic rings. The van der Waals surface area contributed by atoms with E-state index in [4.69, 9.17) is 27.9 Å². The Morgan fingerprint density at radius 2 is 1.18 bits per heavy atom. The van der Waals surface area contributed by atoms with Crippen molar-refractivity contribution in [2.45, 2.75) is 12.8 Å². The van der Waals surface area contributed by atoms with Gasteiger partial charge in [-0.3, -0.25) is 18.4 Å². The Kier molecular flexibility index (Phi) is 8.11. The number of thiophene rings is 2. The van der Waals surface area contributed by atoms with Crippen molar-refractivity contribution in [3.05, 3.63) is 89.9 Å². The van der Waals surface area contributed by atoms with Crippen molar-refractivity contribution in [1.29, 1.82) is 0 Å². The Morgan fingerprint density at radius 1 is 0.733 bits per heavy atom. The molecule has 0 spiro atoms. The number of esters is 1. The van der Waals surface area contributed by atoms with Crippen molar-refractivity contribution in [1.82, 2.24) is 18.8 Å². The van der Waals surface area contributed by atoms with Gasteiger partial charge >= 0.3 is 11.9 Å². The van der Waals surface area contributed by atoms with E-state index in [0.717, 1.165) is 64.3 Å². The number of rotatable bonds is 6. The third-order valence-electron chi connectivity index (χ3n) is 7.02. The smallest absolute Gasteiger partial charge is 0.310 e. The average molecular weight is 712 g/mol. The van der Waals surface area contributed by atoms with Crippen LogP contribution in [0.25, 0.3) is 54.5 Å². The molecule has 0 atom stereocenters. The van der Waals surface area contributed by atoms with Crippen LogP contribution < -0.4 is 0 Å². The number of hydrogen-bond donors (Lipinski definition) is 1. The van der Waals surface area contributed by atoms with Crippen LogP contribution in [0.4, 0.5) is 0 Å². The number of thiazole rings is 2. The quantitative estimate of drug-likeness (QED) is 0.173. The molecule has 2 aromatic carbocycles. The molecule has 8 nitrogen and oxygen atoms in total. The van der Waals surface area contributed by atoms with Gasteiger partial charge in [0.1, 0.15) is 11.0 Å². The van der Waals surface area contributed by atoms with Crippen LogP contribution in [0.15, 0.2) is 70.1 Å². The molecule has 8 aromatic rings. The Labute approximate surface area is 281 Å². The van der Waals surface area contributed by atoms with Gasteiger partial charge in [-0.05, 0) is 35.4 Å². The van der Waals surface area contributed by atoms with E-state index in [2.05, 4.69) is 19.7 Å². The number of halogens is 2. The molecule has 0 aliphatic heterocycles. The Morgan fingerprint density at radius 3 is 1.60 bits per heavy atom. The average Bonchev–Trinajstić information content (AvgIpc) is 3.84. The molecule has 0 saturated carbocycles. The second-order valence-electron chi connectivity index (χ2n) is 9.83. The van der Waals surface area contributed by atoms with E-state index in [9.17, 15) is 14.7 Å². The second-order valence-corrected chi connectivity index (χ2v) is 14.3. The molecule has 0 amide bonds. The number of carboxylic acid groups (broad SMARTS) is 1. The summed E-state index contributed by atoms with van der Waals surface area (Å²) >= 11 is 18.1. The standard InChI is InChI=1S/C16H11ClN2O2S2.C15H9ClN2O2S2/c1-21-14(20)6-13-15(9-2-4-10(17)5-3-9)19-12-8-22-7-11(12)18-16(19)23-13;16-9-3-1-8(2-4-9)14-12(5-13(19)20)22-15-17-10-6-21-7-11(10)18(14)15/h2-5,7-8H,6H2,1H3;1-4,6-7H,5H2,(H,19,20). The van der Waals surface area contributed by atoms with E-state index in [1.807, 2.05) is 69.1 Å². The largest absolute Gasteiger partial charge is 0.481 e. The van der Waals surface area contributed by atoms with Gasteiger partial charge in [-0.25, -0.2) is 9.97 Å². The first kappa shape index (κ1) is 29.9. The number of ether oxygens (including phenoxy) is 1. The maximum Gasteiger partial charge on any atom is 0.310 e. The maximum absolute atomic E-state index is 11.8. The summed E-state index contributed by atoms with van der Waals surface area (Å²) in [4.78, 5) is 35.6. The lowest BCUT2D eigenvalue weighted by Crippen LogP contribution is -2.04. The molecule has 1 N–H and O–H groups in total. The molecule has 8 rings (SSSR count). The molecule has 0 bridgehead atoms. The van der Waals surface area contributed by atoms with Gasteiger partial charge in [0.25, 0.3) is 0 Å². The summed E-state index contributed by atoms with van der Waals surface area (Å²) in [6, 6.07) is 15.1. The highest BCUT2D eigenvalue weighted by atomic mass is 35.5. The SMILES string of the molecule is COC(=O)Cc1sc2nc3cscc3n2c1-c1ccc(Cl)cc1.O=C(O)Cc1sc2nc3cscc3n2c1-c1ccc(Cl)cc1. The molecule has 0 saturated heterocycles. The van der Waals surface area contributed by atoms with Gasteiger partial charge in [0, 0.05) is 41.3 Å². The summed E-state index contributed by atoms with van der Waals surface area (Å²) in [6.45, 7) is 0. The van der Waals surface area contributed by atoms with Crippen LogP contribution in [-0.2, 0) is 27.2 Å². The predicted octanol–water partition coefficient (Wildman–Crippen LogP) is 9.20. The van der Waals surface area contributed by atoms with Gasteiger partial charge in [0.15, 0.2) is 9.92 Å². The fraction of sp³-hybridized carbons (Fsp3) is 0.0968. The fourth-order valence-electron chi connectivity index (χ4n) is 5.09. The van der Waals surface area contributed by atoms with E-state index in [-0.39, 0.29) is 18.8 Å². The number of methoxy groups -OCH3 is 1. The van der Waals surface area contributed by atoms with Crippen LogP contribution in [-0.4, -0.2) is 42.9 Å². The molecule has 6 aromatic heterocycles. The number of nitrogens with zero attached hydrogens (tertiary/aromatic N) is 4. The minimum absolute atomic E-state index is 0.0163. The van der Waals surface area contributed by atoms with Crippen LogP contribution in [0.2, 0.25) is 10.0 Å². The van der Waals surface area contributed by atoms with Crippen molar-refractivity contribution < 1.29 is 19.4 Å². The molecule has 6 heterocycles. The monoisotopic (exact) mass is 710 g/mol. The minimum atomic E-state index is -0.846. The van der Waals surface area contributed by atoms with E-state index < -0.39 is 5.97 Å². The van der Waals surface area contributed by atoms with Gasteiger partial charge in [0.05, 0.1) is 42.4 Å². The van der Waals surface area contributed by atoms with Crippen molar-refractivity contribution in [3.63, 3.8) is 0 Å². The van der Waals surface area contributed by atoms with Crippen LogP contribution in [0.5, 0.6) is 0 Å². The molecule has 0 aliphatic carbocycles. The van der Waals surface area contributed by atoms with E-state index in [1.165, 1.54) is 29.8 Å². The Hall–Kier alpha value is -3.78. The molecular weight excluding hydrogens is 692 g/mol. The summed E-state index contributed by atoms with van der Waals surface area (Å²) in [5.41, 5.74) is 7.80. The Bertz CT molecular complexity index is 2340. The number of carboxylic acids is 1. The number of benzene rings is 2. The lowest BCUT2D eigenvalue weighted by Gasteiger charge is -2.05. The zero-order chi connectivity index (χ0) is 31.2. The van der Waals surface area contributed by atoms with Gasteiger partial charge in [-0.15, -0.1) is 45.3 Å². The second kappa shape index (κ2) is 12.2. The van der Waals surface area contributed by atoms with Crippen LogP contribution in [0.3, 0.4) is 0 Å². The van der Waals surface area contributed by atoms with Gasteiger partial charge < -0.3 is 9.84 Å². The summed E-state index contributed by atoms with van der Waals surface area (Å²) in [5.74, 6) is -1.10. The number of hydrogen-bond acceptors (Lipinski definition) is 9. The van der Waals surface area contributed by atoms with Crippen LogP contribution in [0, 0.1) is 0 Å². The first-order chi connectivity index (χ1) is 21.8. The topological polar surface area (TPSA) is 98.2 Å². The van der Waals surface area contributed by atoms with Crippen molar-refractivity contribution in [2.24, 2.45) is 0 Å². The van der Waals surface area contributed by atoms with Crippen molar-refractivity contribution in [3.8, 4) is 22.5 Å². The molecule has 0 unspecified atom stereocenters. The molecule has 0 radical (unpaired) electrons. The summed E-state index contributed by atoms with van der Waals surface area (Å²) in [5, 5.41) is 18.6. The lowest BCUT2D eigenvalue weighted by atomic mass is 10.1. The number of aliphatic carboxylic acids is 1. The van der Waals surface area contributed by atoms with Gasteiger partial charge in [-0.1, -0.05) is 47.5 Å². The summed E-state index contributed by atoms with van der Waals surface area (Å²) < 4.78 is 8.98. The molecule has 45 heavy (non-hydrogen) atoms. The number of aromatic nitrogens is 4. The van der Waals surface area contributed by atoms with Crippen LogP contribution in [0.1, 0.15) is 9.75 Å². The zero-order valence-corrected chi connectivity index (χ0v) is 28.0. The zero-order valence-electron chi connectivity index (χ0n) is 23.2. The predicted molar refractivity (Wildman–Crippen MR) is 185 cm³/mol. The maximum atomic E-state index is 11.8. The van der Waals surface area contributed by atoms with E-state index >= 15 is 0 Å².